The van der Waals surface area contributed by atoms with Crippen LogP contribution in [0.15, 0.2) is 82.9 Å². The number of pyridine rings is 1. The van der Waals surface area contributed by atoms with Crippen molar-refractivity contribution in [2.24, 2.45) is 10.9 Å². The van der Waals surface area contributed by atoms with Crippen LogP contribution in [-0.4, -0.2) is 30.6 Å². The summed E-state index contributed by atoms with van der Waals surface area (Å²) < 4.78 is 35.7. The molecule has 0 atom stereocenters. The first-order valence-corrected chi connectivity index (χ1v) is 15.7. The van der Waals surface area contributed by atoms with Crippen LogP contribution in [0.1, 0.15) is 39.2 Å². The lowest BCUT2D eigenvalue weighted by atomic mass is 9.98. The van der Waals surface area contributed by atoms with Crippen molar-refractivity contribution < 1.29 is 17.9 Å². The van der Waals surface area contributed by atoms with Crippen molar-refractivity contribution in [1.29, 1.82) is 0 Å². The lowest BCUT2D eigenvalue weighted by molar-refractivity contribution is 0.0976. The number of rotatable bonds is 9. The Balaban J connectivity index is 1.53. The average Bonchev–Trinajstić information content (AvgIpc) is 3.38. The number of fused-ring (bicyclic) bond motifs is 1. The molecule has 0 aliphatic rings. The number of aryl methyl sites for hydroxylation is 4. The van der Waals surface area contributed by atoms with Gasteiger partial charge in [0.25, 0.3) is 15.9 Å². The molecule has 0 spiro atoms. The summed E-state index contributed by atoms with van der Waals surface area (Å²) in [4.78, 5) is 16.8. The van der Waals surface area contributed by atoms with Gasteiger partial charge in [-0.05, 0) is 86.2 Å². The van der Waals surface area contributed by atoms with Gasteiger partial charge >= 0.3 is 0 Å². The highest BCUT2D eigenvalue weighted by Crippen LogP contribution is 2.34. The number of amides is 1. The second-order valence-corrected chi connectivity index (χ2v) is 12.6. The van der Waals surface area contributed by atoms with E-state index >= 15 is 0 Å². The molecule has 5 aromatic rings. The minimum Gasteiger partial charge on any atom is -0.494 e. The molecule has 2 heterocycles. The quantitative estimate of drug-likeness (QED) is 0.103. The summed E-state index contributed by atoms with van der Waals surface area (Å²) in [5.74, 6) is 11.5. The highest BCUT2D eigenvalue weighted by Gasteiger charge is 2.25. The van der Waals surface area contributed by atoms with Gasteiger partial charge in [-0.25, -0.2) is 13.1 Å². The van der Waals surface area contributed by atoms with Crippen LogP contribution in [0, 0.1) is 20.8 Å². The molecule has 12 heteroatoms. The molecule has 5 rings (SSSR count). The van der Waals surface area contributed by atoms with Crippen molar-refractivity contribution in [3.63, 3.8) is 0 Å². The van der Waals surface area contributed by atoms with E-state index in [2.05, 4.69) is 14.8 Å². The second kappa shape index (κ2) is 12.5. The van der Waals surface area contributed by atoms with E-state index in [9.17, 15) is 13.2 Å². The van der Waals surface area contributed by atoms with Gasteiger partial charge in [0.2, 0.25) is 0 Å². The van der Waals surface area contributed by atoms with Crippen LogP contribution in [0.2, 0.25) is 5.02 Å². The van der Waals surface area contributed by atoms with Crippen molar-refractivity contribution in [3.05, 3.63) is 111 Å². The summed E-state index contributed by atoms with van der Waals surface area (Å²) in [6.07, 6.45) is 2.70. The molecule has 0 unspecified atom stereocenters. The zero-order valence-electron chi connectivity index (χ0n) is 24.5. The van der Waals surface area contributed by atoms with Crippen LogP contribution < -0.4 is 26.6 Å². The Labute approximate surface area is 260 Å². The average molecular weight is 633 g/mol. The maximum atomic E-state index is 13.6. The highest BCUT2D eigenvalue weighted by atomic mass is 35.5. The Morgan fingerprint density at radius 1 is 1.00 bits per heavy atom. The molecule has 228 valence electrons. The molecular weight excluding hydrogens is 600 g/mol. The summed E-state index contributed by atoms with van der Waals surface area (Å²) in [7, 11) is -4.11. The van der Waals surface area contributed by atoms with Gasteiger partial charge in [0, 0.05) is 27.7 Å². The molecule has 0 saturated carbocycles. The van der Waals surface area contributed by atoms with Crippen LogP contribution in [-0.2, 0) is 16.4 Å². The van der Waals surface area contributed by atoms with Crippen molar-refractivity contribution in [2.75, 3.05) is 12.4 Å². The zero-order valence-corrected chi connectivity index (χ0v) is 26.1. The standard InChI is InChI=1S/C32H33ClN6O4S/c1-19-17-28(37-34)39(35)18-27(19)26-12-7-11-24-25(13-8-14-43-22-15-20(2)29(33)21(3)16-22)31(36-30(24)26)32(40)38-44(41,42)23-9-5-4-6-10-23/h4-7,9-12,15-18,36H,8,13-14,34-35H2,1-3H3,(H,38,40)/b37-28-. The number of para-hydroxylation sites is 1. The van der Waals surface area contributed by atoms with E-state index in [1.807, 2.05) is 51.1 Å². The van der Waals surface area contributed by atoms with Crippen LogP contribution in [0.25, 0.3) is 22.0 Å². The number of hydrogen-bond acceptors (Lipinski definition) is 7. The fraction of sp³-hybridized carbons (Fsp3) is 0.188. The maximum Gasteiger partial charge on any atom is 0.281 e. The van der Waals surface area contributed by atoms with Crippen LogP contribution in [0.3, 0.4) is 0 Å². The summed E-state index contributed by atoms with van der Waals surface area (Å²) >= 11 is 6.30. The molecule has 0 aliphatic carbocycles. The molecule has 10 nitrogen and oxygen atoms in total. The molecule has 2 aromatic heterocycles. The number of hydrogen-bond donors (Lipinski definition) is 4. The molecular formula is C32H33ClN6O4S. The summed E-state index contributed by atoms with van der Waals surface area (Å²) in [6, 6.07) is 19.0. The van der Waals surface area contributed by atoms with Gasteiger partial charge in [-0.1, -0.05) is 48.0 Å². The first-order chi connectivity index (χ1) is 21.0. The predicted molar refractivity (Wildman–Crippen MR) is 172 cm³/mol. The number of carbonyl (C=O) groups excluding carboxylic acids is 1. The summed E-state index contributed by atoms with van der Waals surface area (Å²) in [6.45, 7) is 6.12. The van der Waals surface area contributed by atoms with E-state index in [1.165, 1.54) is 16.8 Å². The third-order valence-corrected chi connectivity index (χ3v) is 9.37. The molecule has 0 saturated heterocycles. The third-order valence-electron chi connectivity index (χ3n) is 7.42. The van der Waals surface area contributed by atoms with Gasteiger partial charge in [0.1, 0.15) is 11.4 Å². The zero-order chi connectivity index (χ0) is 31.6. The Bertz CT molecular complexity index is 2030. The number of carbonyl (C=O) groups is 1. The number of nitrogens with one attached hydrogen (secondary N) is 2. The number of aromatic nitrogens is 2. The summed E-state index contributed by atoms with van der Waals surface area (Å²) in [5, 5.41) is 5.19. The summed E-state index contributed by atoms with van der Waals surface area (Å²) in [5.41, 5.74) is 6.14. The molecule has 3 aromatic carbocycles. The number of halogens is 1. The van der Waals surface area contributed by atoms with E-state index < -0.39 is 15.9 Å². The minimum atomic E-state index is -4.11. The largest absolute Gasteiger partial charge is 0.494 e. The van der Waals surface area contributed by atoms with Crippen molar-refractivity contribution in [3.8, 4) is 16.9 Å². The first-order valence-electron chi connectivity index (χ1n) is 13.9. The highest BCUT2D eigenvalue weighted by molar-refractivity contribution is 7.90. The van der Waals surface area contributed by atoms with Gasteiger partial charge in [-0.15, -0.1) is 0 Å². The predicted octanol–water partition coefficient (Wildman–Crippen LogP) is 4.83. The monoisotopic (exact) mass is 632 g/mol. The van der Waals surface area contributed by atoms with E-state index in [4.69, 9.17) is 28.0 Å². The number of nitrogens with two attached hydrogens (primary N) is 2. The number of ether oxygens (including phenoxy) is 1. The van der Waals surface area contributed by atoms with Crippen LogP contribution >= 0.6 is 11.6 Å². The Morgan fingerprint density at radius 3 is 2.39 bits per heavy atom. The number of nitrogen functional groups attached to an aromatic ring is 1. The van der Waals surface area contributed by atoms with Crippen LogP contribution in [0.5, 0.6) is 5.75 Å². The molecule has 44 heavy (non-hydrogen) atoms. The third kappa shape index (κ3) is 6.15. The fourth-order valence-electron chi connectivity index (χ4n) is 5.25. The lowest BCUT2D eigenvalue weighted by Gasteiger charge is -2.11. The number of H-pyrrole nitrogens is 1. The maximum absolute atomic E-state index is 13.6. The number of aromatic amines is 1. The number of nitrogens with zero attached hydrogens (tertiary/aromatic N) is 2. The lowest BCUT2D eigenvalue weighted by Crippen LogP contribution is -2.31. The minimum absolute atomic E-state index is 0.0119. The Kier molecular flexibility index (Phi) is 8.70. The second-order valence-electron chi connectivity index (χ2n) is 10.5. The normalized spacial score (nSPS) is 12.0. The molecule has 6 N–H and O–H groups in total. The Morgan fingerprint density at radius 2 is 1.70 bits per heavy atom. The van der Waals surface area contributed by atoms with E-state index in [1.54, 1.807) is 30.5 Å². The smallest absolute Gasteiger partial charge is 0.281 e. The molecule has 0 bridgehead atoms. The first kappa shape index (κ1) is 30.7. The van der Waals surface area contributed by atoms with Crippen molar-refractivity contribution >= 4 is 38.4 Å². The van der Waals surface area contributed by atoms with E-state index in [0.717, 1.165) is 33.2 Å². The SMILES string of the molecule is Cc1c/c(=N/N)n(N)cc1-c1cccc2c(CCCOc3cc(C)c(Cl)c(C)c3)c(C(=O)NS(=O)(=O)c3ccccc3)[nH]c12. The number of benzene rings is 3. The van der Waals surface area contributed by atoms with E-state index in [0.29, 0.717) is 46.8 Å². The van der Waals surface area contributed by atoms with Gasteiger partial charge in [-0.2, -0.15) is 5.10 Å². The van der Waals surface area contributed by atoms with Gasteiger partial charge < -0.3 is 21.4 Å². The van der Waals surface area contributed by atoms with Crippen molar-refractivity contribution in [1.82, 2.24) is 14.4 Å². The van der Waals surface area contributed by atoms with Crippen LogP contribution in [0.4, 0.5) is 0 Å². The van der Waals surface area contributed by atoms with Gasteiger partial charge in [0.05, 0.1) is 17.0 Å². The topological polar surface area (TPSA) is 158 Å². The number of sulfonamides is 1. The molecule has 1 amide bonds. The van der Waals surface area contributed by atoms with E-state index in [-0.39, 0.29) is 10.6 Å². The fourth-order valence-corrected chi connectivity index (χ4v) is 6.34. The molecule has 0 radical (unpaired) electrons. The van der Waals surface area contributed by atoms with Gasteiger partial charge in [-0.3, -0.25) is 9.47 Å². The van der Waals surface area contributed by atoms with Crippen molar-refractivity contribution in [2.45, 2.75) is 38.5 Å². The van der Waals surface area contributed by atoms with Gasteiger partial charge in [0.15, 0.2) is 5.49 Å². The Hall–Kier alpha value is -4.74. The molecule has 0 aliphatic heterocycles. The molecule has 0 fully saturated rings.